The molecule has 0 spiro atoms. The Morgan fingerprint density at radius 2 is 1.77 bits per heavy atom. The van der Waals surface area contributed by atoms with Gasteiger partial charge in [0.05, 0.1) is 18.8 Å². The lowest BCUT2D eigenvalue weighted by atomic mass is 9.93. The first-order valence-electron chi connectivity index (χ1n) is 11.0. The zero-order valence-corrected chi connectivity index (χ0v) is 18.2. The van der Waals surface area contributed by atoms with E-state index in [4.69, 9.17) is 4.99 Å². The van der Waals surface area contributed by atoms with Gasteiger partial charge in [-0.15, -0.1) is 0 Å². The predicted molar refractivity (Wildman–Crippen MR) is 124 cm³/mol. The van der Waals surface area contributed by atoms with Crippen LogP contribution in [0, 0.1) is 13.8 Å². The smallest absolute Gasteiger partial charge is 0.151 e. The number of benzene rings is 2. The van der Waals surface area contributed by atoms with Crippen LogP contribution in [0.1, 0.15) is 44.6 Å². The minimum atomic E-state index is 0.298. The maximum Gasteiger partial charge on any atom is 0.151 e. The van der Waals surface area contributed by atoms with Gasteiger partial charge in [0.15, 0.2) is 5.78 Å². The van der Waals surface area contributed by atoms with Crippen molar-refractivity contribution in [2.45, 2.75) is 39.8 Å². The third-order valence-electron chi connectivity index (χ3n) is 6.28. The molecular weight excluding hydrogens is 382 g/mol. The predicted octanol–water partition coefficient (Wildman–Crippen LogP) is 4.22. The number of aliphatic imine (C=N–C) groups is 1. The Morgan fingerprint density at radius 1 is 0.935 bits per heavy atom. The lowest BCUT2D eigenvalue weighted by molar-refractivity contribution is -0.119. The number of ketones is 1. The Kier molecular flexibility index (Phi) is 5.24. The second-order valence-corrected chi connectivity index (χ2v) is 8.79. The van der Waals surface area contributed by atoms with Gasteiger partial charge in [-0.2, -0.15) is 0 Å². The molecule has 0 unspecified atom stereocenters. The van der Waals surface area contributed by atoms with Gasteiger partial charge in [0.25, 0.3) is 0 Å². The maximum atomic E-state index is 12.7. The first-order chi connectivity index (χ1) is 15.0. The summed E-state index contributed by atoms with van der Waals surface area (Å²) in [5, 5.41) is 0. The Morgan fingerprint density at radius 3 is 2.58 bits per heavy atom. The lowest BCUT2D eigenvalue weighted by Gasteiger charge is -2.20. The molecule has 4 nitrogen and oxygen atoms in total. The molecule has 1 aromatic heterocycles. The van der Waals surface area contributed by atoms with Crippen molar-refractivity contribution in [2.24, 2.45) is 4.99 Å². The standard InChI is InChI=1S/C27H27N3O/c1-18-3-5-20(6-4-18)8-10-30-16-24-14-26-23(12-22(24)13-25(31)17-30)15-29-27(26)21-7-9-28-19(2)11-21/h3-7,9,11-12,14H,8,10,13,15-17H2,1-2H3. The molecule has 31 heavy (non-hydrogen) atoms. The number of aryl methyl sites for hydroxylation is 2. The fourth-order valence-electron chi connectivity index (χ4n) is 4.61. The van der Waals surface area contributed by atoms with Gasteiger partial charge >= 0.3 is 0 Å². The number of Topliss-reactive ketones (excluding diaryl/α,β-unsaturated/α-hetero) is 1. The van der Waals surface area contributed by atoms with Gasteiger partial charge in [-0.25, -0.2) is 0 Å². The van der Waals surface area contributed by atoms with Crippen molar-refractivity contribution in [1.29, 1.82) is 0 Å². The Bertz CT molecular complexity index is 1180. The molecule has 2 aliphatic rings. The van der Waals surface area contributed by atoms with E-state index in [0.717, 1.165) is 36.5 Å². The Balaban J connectivity index is 1.40. The molecule has 156 valence electrons. The van der Waals surface area contributed by atoms with Gasteiger partial charge < -0.3 is 0 Å². The topological polar surface area (TPSA) is 45.6 Å². The number of carbonyl (C=O) groups excluding carboxylic acids is 1. The van der Waals surface area contributed by atoms with E-state index in [9.17, 15) is 4.79 Å². The van der Waals surface area contributed by atoms with Crippen LogP contribution in [0.2, 0.25) is 0 Å². The molecule has 0 saturated carbocycles. The minimum absolute atomic E-state index is 0.298. The van der Waals surface area contributed by atoms with Crippen molar-refractivity contribution in [2.75, 3.05) is 13.1 Å². The number of aromatic nitrogens is 1. The highest BCUT2D eigenvalue weighted by Crippen LogP contribution is 2.29. The number of fused-ring (bicyclic) bond motifs is 2. The monoisotopic (exact) mass is 409 g/mol. The molecule has 0 atom stereocenters. The summed E-state index contributed by atoms with van der Waals surface area (Å²) in [6, 6.07) is 17.3. The molecule has 0 bridgehead atoms. The van der Waals surface area contributed by atoms with Crippen LogP contribution in [0.3, 0.4) is 0 Å². The summed E-state index contributed by atoms with van der Waals surface area (Å²) >= 11 is 0. The van der Waals surface area contributed by atoms with E-state index in [1.807, 2.05) is 19.2 Å². The molecular formula is C27H27N3O. The van der Waals surface area contributed by atoms with Crippen LogP contribution in [0.15, 0.2) is 59.7 Å². The summed E-state index contributed by atoms with van der Waals surface area (Å²) in [5.74, 6) is 0.298. The highest BCUT2D eigenvalue weighted by atomic mass is 16.1. The quantitative estimate of drug-likeness (QED) is 0.648. The van der Waals surface area contributed by atoms with E-state index in [2.05, 4.69) is 59.3 Å². The van der Waals surface area contributed by atoms with Crippen molar-refractivity contribution in [3.05, 3.63) is 99.4 Å². The van der Waals surface area contributed by atoms with Crippen molar-refractivity contribution in [3.63, 3.8) is 0 Å². The van der Waals surface area contributed by atoms with Crippen LogP contribution in [0.5, 0.6) is 0 Å². The lowest BCUT2D eigenvalue weighted by Crippen LogP contribution is -2.29. The van der Waals surface area contributed by atoms with Crippen LogP contribution in [0.25, 0.3) is 0 Å². The SMILES string of the molecule is Cc1ccc(CCN2CC(=O)Cc3cc4c(cc3C2)C(c2ccnc(C)c2)=NC4)cc1. The van der Waals surface area contributed by atoms with Gasteiger partial charge in [-0.05, 0) is 60.7 Å². The van der Waals surface area contributed by atoms with Crippen molar-refractivity contribution >= 4 is 11.5 Å². The normalized spacial score (nSPS) is 15.9. The fraction of sp³-hybridized carbons (Fsp3) is 0.296. The van der Waals surface area contributed by atoms with E-state index in [-0.39, 0.29) is 0 Å². The summed E-state index contributed by atoms with van der Waals surface area (Å²) in [6.07, 6.45) is 3.32. The minimum Gasteiger partial charge on any atom is -0.298 e. The van der Waals surface area contributed by atoms with E-state index in [1.54, 1.807) is 0 Å². The molecule has 0 saturated heterocycles. The highest BCUT2D eigenvalue weighted by molar-refractivity contribution is 6.15. The molecule has 3 aromatic rings. The zero-order chi connectivity index (χ0) is 21.4. The molecule has 0 N–H and O–H groups in total. The van der Waals surface area contributed by atoms with Crippen LogP contribution >= 0.6 is 0 Å². The molecule has 0 aliphatic carbocycles. The van der Waals surface area contributed by atoms with Gasteiger partial charge in [-0.1, -0.05) is 35.9 Å². The van der Waals surface area contributed by atoms with Gasteiger partial charge in [0.2, 0.25) is 0 Å². The van der Waals surface area contributed by atoms with E-state index >= 15 is 0 Å². The molecule has 0 radical (unpaired) electrons. The van der Waals surface area contributed by atoms with Crippen molar-refractivity contribution in [3.8, 4) is 0 Å². The zero-order valence-electron chi connectivity index (χ0n) is 18.2. The van der Waals surface area contributed by atoms with Gasteiger partial charge in [0, 0.05) is 42.5 Å². The number of rotatable bonds is 4. The van der Waals surface area contributed by atoms with Gasteiger partial charge in [0.1, 0.15) is 0 Å². The first kappa shape index (κ1) is 19.8. The van der Waals surface area contributed by atoms with Crippen molar-refractivity contribution < 1.29 is 4.79 Å². The summed E-state index contributed by atoms with van der Waals surface area (Å²) in [7, 11) is 0. The average molecular weight is 410 g/mol. The molecule has 3 heterocycles. The van der Waals surface area contributed by atoms with E-state index in [1.165, 1.54) is 33.4 Å². The summed E-state index contributed by atoms with van der Waals surface area (Å²) in [4.78, 5) is 24.1. The maximum absolute atomic E-state index is 12.7. The van der Waals surface area contributed by atoms with Crippen LogP contribution in [-0.4, -0.2) is 34.5 Å². The van der Waals surface area contributed by atoms with Crippen LogP contribution < -0.4 is 0 Å². The number of hydrogen-bond donors (Lipinski definition) is 0. The largest absolute Gasteiger partial charge is 0.298 e. The molecule has 2 aromatic carbocycles. The van der Waals surface area contributed by atoms with Crippen molar-refractivity contribution in [1.82, 2.24) is 9.88 Å². The third kappa shape index (κ3) is 4.21. The Hall–Kier alpha value is -3.11. The summed E-state index contributed by atoms with van der Waals surface area (Å²) < 4.78 is 0. The highest BCUT2D eigenvalue weighted by Gasteiger charge is 2.25. The van der Waals surface area contributed by atoms with Gasteiger partial charge in [-0.3, -0.25) is 19.7 Å². The first-order valence-corrected chi connectivity index (χ1v) is 11.0. The fourth-order valence-corrected chi connectivity index (χ4v) is 4.61. The number of nitrogens with zero attached hydrogens (tertiary/aromatic N) is 3. The molecule has 4 heteroatoms. The molecule has 2 aliphatic heterocycles. The van der Waals surface area contributed by atoms with E-state index < -0.39 is 0 Å². The third-order valence-corrected chi connectivity index (χ3v) is 6.28. The van der Waals surface area contributed by atoms with Crippen LogP contribution in [0.4, 0.5) is 0 Å². The second kappa shape index (κ2) is 8.20. The molecule has 0 amide bonds. The number of carbonyl (C=O) groups is 1. The summed E-state index contributed by atoms with van der Waals surface area (Å²) in [6.45, 7) is 7.02. The number of pyridine rings is 1. The Labute approximate surface area is 183 Å². The average Bonchev–Trinajstić information content (AvgIpc) is 3.08. The van der Waals surface area contributed by atoms with Crippen LogP contribution in [-0.2, 0) is 30.7 Å². The van der Waals surface area contributed by atoms with E-state index in [0.29, 0.717) is 25.3 Å². The second-order valence-electron chi connectivity index (χ2n) is 8.79. The molecule has 0 fully saturated rings. The molecule has 5 rings (SSSR count). The summed E-state index contributed by atoms with van der Waals surface area (Å²) in [5.41, 5.74) is 10.6. The number of hydrogen-bond acceptors (Lipinski definition) is 4.